The van der Waals surface area contributed by atoms with Crippen LogP contribution in [0.3, 0.4) is 0 Å². The predicted octanol–water partition coefficient (Wildman–Crippen LogP) is 4.99. The summed E-state index contributed by atoms with van der Waals surface area (Å²) in [7, 11) is 0. The number of aromatic nitrogens is 2. The van der Waals surface area contributed by atoms with E-state index in [-0.39, 0.29) is 11.9 Å². The highest BCUT2D eigenvalue weighted by Gasteiger charge is 2.33. The largest absolute Gasteiger partial charge is 0.334 e. The van der Waals surface area contributed by atoms with E-state index in [4.69, 9.17) is 0 Å². The molecule has 3 aromatic carbocycles. The van der Waals surface area contributed by atoms with Gasteiger partial charge in [0.15, 0.2) is 0 Å². The number of nitrogens with one attached hydrogen (secondary N) is 1. The van der Waals surface area contributed by atoms with Crippen LogP contribution in [0.25, 0.3) is 10.9 Å². The molecule has 7 nitrogen and oxygen atoms in total. The van der Waals surface area contributed by atoms with Crippen molar-refractivity contribution in [2.45, 2.75) is 38.1 Å². The van der Waals surface area contributed by atoms with E-state index in [0.717, 1.165) is 49.5 Å². The third kappa shape index (κ3) is 5.47. The van der Waals surface area contributed by atoms with Crippen LogP contribution in [0.15, 0.2) is 66.9 Å². The zero-order valence-corrected chi connectivity index (χ0v) is 22.2. The molecule has 0 bridgehead atoms. The number of carbonyl (C=O) groups excluding carboxylic acids is 2. The van der Waals surface area contributed by atoms with E-state index in [1.54, 1.807) is 36.5 Å². The molecule has 6 rings (SSSR count). The molecule has 0 aliphatic carbocycles. The van der Waals surface area contributed by atoms with Gasteiger partial charge in [-0.05, 0) is 92.7 Å². The van der Waals surface area contributed by atoms with Gasteiger partial charge < -0.3 is 9.80 Å². The van der Waals surface area contributed by atoms with Gasteiger partial charge in [0.05, 0.1) is 22.8 Å². The van der Waals surface area contributed by atoms with E-state index in [1.165, 1.54) is 29.8 Å². The van der Waals surface area contributed by atoms with Crippen molar-refractivity contribution in [2.75, 3.05) is 31.6 Å². The van der Waals surface area contributed by atoms with E-state index in [9.17, 15) is 18.4 Å². The van der Waals surface area contributed by atoms with Crippen molar-refractivity contribution >= 4 is 22.7 Å². The second kappa shape index (κ2) is 11.2. The predicted molar refractivity (Wildman–Crippen MR) is 149 cm³/mol. The van der Waals surface area contributed by atoms with Crippen LogP contribution in [0.4, 0.5) is 8.78 Å². The molecular formula is C31H31F2N5O2. The number of amides is 2. The zero-order chi connectivity index (χ0) is 27.6. The first-order chi connectivity index (χ1) is 19.4. The minimum Gasteiger partial charge on any atom is -0.334 e. The van der Waals surface area contributed by atoms with Crippen LogP contribution in [0.2, 0.25) is 0 Å². The van der Waals surface area contributed by atoms with E-state index < -0.39 is 17.5 Å². The van der Waals surface area contributed by atoms with Crippen LogP contribution in [0.5, 0.6) is 0 Å². The quantitative estimate of drug-likeness (QED) is 0.357. The fourth-order valence-corrected chi connectivity index (χ4v) is 5.97. The van der Waals surface area contributed by atoms with Gasteiger partial charge in [0.25, 0.3) is 11.8 Å². The Hall–Kier alpha value is -4.11. The Labute approximate surface area is 231 Å². The fourth-order valence-electron chi connectivity index (χ4n) is 5.97. The molecule has 206 valence electrons. The topological polar surface area (TPSA) is 70.5 Å². The molecule has 4 aromatic rings. The first-order valence-electron chi connectivity index (χ1n) is 13.8. The normalized spacial score (nSPS) is 17.6. The Morgan fingerprint density at radius 3 is 2.40 bits per heavy atom. The highest BCUT2D eigenvalue weighted by Crippen LogP contribution is 2.24. The molecular weight excluding hydrogens is 512 g/mol. The minimum atomic E-state index is -0.614. The van der Waals surface area contributed by atoms with Crippen molar-refractivity contribution in [2.24, 2.45) is 0 Å². The van der Waals surface area contributed by atoms with E-state index in [2.05, 4.69) is 15.4 Å². The van der Waals surface area contributed by atoms with Crippen molar-refractivity contribution in [1.29, 1.82) is 0 Å². The van der Waals surface area contributed by atoms with Crippen molar-refractivity contribution < 1.29 is 18.4 Å². The molecule has 1 N–H and O–H groups in total. The molecule has 1 atom stereocenters. The summed E-state index contributed by atoms with van der Waals surface area (Å²) >= 11 is 0. The lowest BCUT2D eigenvalue weighted by molar-refractivity contribution is 0.0704. The zero-order valence-electron chi connectivity index (χ0n) is 22.2. The van der Waals surface area contributed by atoms with Gasteiger partial charge in [0.1, 0.15) is 11.6 Å². The lowest BCUT2D eigenvalue weighted by Crippen LogP contribution is -2.43. The Balaban J connectivity index is 1.18. The molecule has 2 aliphatic rings. The maximum absolute atomic E-state index is 13.7. The summed E-state index contributed by atoms with van der Waals surface area (Å²) in [5.41, 5.74) is 5.54. The molecule has 40 heavy (non-hydrogen) atoms. The maximum atomic E-state index is 13.7. The molecule has 9 heteroatoms. The average Bonchev–Trinajstić information content (AvgIpc) is 3.70. The third-order valence-corrected chi connectivity index (χ3v) is 7.88. The van der Waals surface area contributed by atoms with Crippen LogP contribution in [0.1, 0.15) is 57.5 Å². The number of rotatable bonds is 7. The molecule has 2 saturated heterocycles. The van der Waals surface area contributed by atoms with Crippen molar-refractivity contribution in [3.8, 4) is 0 Å². The summed E-state index contributed by atoms with van der Waals surface area (Å²) in [6, 6.07) is 16.1. The molecule has 2 aliphatic heterocycles. The number of likely N-dealkylation sites (tertiary alicyclic amines) is 2. The number of benzene rings is 3. The molecule has 0 spiro atoms. The van der Waals surface area contributed by atoms with E-state index in [1.807, 2.05) is 17.0 Å². The Morgan fingerprint density at radius 1 is 0.875 bits per heavy atom. The minimum absolute atomic E-state index is 0.115. The van der Waals surface area contributed by atoms with Crippen LogP contribution in [-0.2, 0) is 6.42 Å². The smallest absolute Gasteiger partial charge is 0.272 e. The molecule has 2 amide bonds. The standard InChI is InChI=1S/C31H31F2N5O2/c32-24-16-22(17-25(33)18-24)14-21-9-10-29-23(15-21)19-34-38(29)35-30(39)27-7-1-2-8-28(27)31(40)37-13-5-6-26(37)20-36-11-3-4-12-36/h1-2,7-10,15-19,26H,3-6,11-14,20H2,(H,35,39)/t26-/m0/s1. The summed E-state index contributed by atoms with van der Waals surface area (Å²) in [5.74, 6) is -1.77. The molecule has 2 fully saturated rings. The lowest BCUT2D eigenvalue weighted by Gasteiger charge is -2.29. The first-order valence-corrected chi connectivity index (χ1v) is 13.8. The summed E-state index contributed by atoms with van der Waals surface area (Å²) in [6.45, 7) is 3.75. The molecule has 3 heterocycles. The highest BCUT2D eigenvalue weighted by atomic mass is 19.1. The number of hydrogen-bond donors (Lipinski definition) is 1. The lowest BCUT2D eigenvalue weighted by atomic mass is 10.0. The van der Waals surface area contributed by atoms with Gasteiger partial charge in [0.2, 0.25) is 0 Å². The summed E-state index contributed by atoms with van der Waals surface area (Å²) in [5, 5.41) is 5.09. The monoisotopic (exact) mass is 543 g/mol. The van der Waals surface area contributed by atoms with Gasteiger partial charge in [-0.2, -0.15) is 9.89 Å². The summed E-state index contributed by atoms with van der Waals surface area (Å²) in [6.07, 6.45) is 6.34. The van der Waals surface area contributed by atoms with Gasteiger partial charge in [-0.1, -0.05) is 18.2 Å². The Bertz CT molecular complexity index is 1540. The summed E-state index contributed by atoms with van der Waals surface area (Å²) < 4.78 is 27.2. The molecule has 1 aromatic heterocycles. The van der Waals surface area contributed by atoms with Gasteiger partial charge >= 0.3 is 0 Å². The number of hydrogen-bond acceptors (Lipinski definition) is 4. The van der Waals surface area contributed by atoms with Crippen LogP contribution in [-0.4, -0.2) is 63.7 Å². The van der Waals surface area contributed by atoms with Gasteiger partial charge in [0, 0.05) is 30.6 Å². The van der Waals surface area contributed by atoms with Crippen molar-refractivity contribution in [3.63, 3.8) is 0 Å². The number of nitrogens with zero attached hydrogens (tertiary/aromatic N) is 4. The van der Waals surface area contributed by atoms with Gasteiger partial charge in [-0.15, -0.1) is 0 Å². The fraction of sp³-hybridized carbons (Fsp3) is 0.323. The second-order valence-electron chi connectivity index (χ2n) is 10.7. The molecule has 0 unspecified atom stereocenters. The number of fused-ring (bicyclic) bond motifs is 1. The number of halogens is 2. The van der Waals surface area contributed by atoms with Crippen molar-refractivity contribution in [1.82, 2.24) is 19.7 Å². The molecule has 0 saturated carbocycles. The second-order valence-corrected chi connectivity index (χ2v) is 10.7. The average molecular weight is 544 g/mol. The highest BCUT2D eigenvalue weighted by molar-refractivity contribution is 6.10. The van der Waals surface area contributed by atoms with E-state index in [0.29, 0.717) is 35.2 Å². The van der Waals surface area contributed by atoms with E-state index >= 15 is 0 Å². The first kappa shape index (κ1) is 26.1. The maximum Gasteiger partial charge on any atom is 0.272 e. The van der Waals surface area contributed by atoms with Crippen LogP contribution < -0.4 is 5.43 Å². The Morgan fingerprint density at radius 2 is 1.62 bits per heavy atom. The summed E-state index contributed by atoms with van der Waals surface area (Å²) in [4.78, 5) is 32.8. The molecule has 0 radical (unpaired) electrons. The van der Waals surface area contributed by atoms with Crippen molar-refractivity contribution in [3.05, 3.63) is 101 Å². The Kier molecular flexibility index (Phi) is 7.30. The van der Waals surface area contributed by atoms with Crippen LogP contribution in [0, 0.1) is 11.6 Å². The van der Waals surface area contributed by atoms with Crippen LogP contribution >= 0.6 is 0 Å². The van der Waals surface area contributed by atoms with Gasteiger partial charge in [-0.3, -0.25) is 9.59 Å². The SMILES string of the molecule is O=C(Nn1ncc2cc(Cc3cc(F)cc(F)c3)ccc21)c1ccccc1C(=O)N1CCC[C@H]1CN1CCCC1. The third-order valence-electron chi connectivity index (χ3n) is 7.88. The van der Waals surface area contributed by atoms with Gasteiger partial charge in [-0.25, -0.2) is 14.2 Å². The number of carbonyl (C=O) groups is 2.